The summed E-state index contributed by atoms with van der Waals surface area (Å²) in [6, 6.07) is 19.1. The van der Waals surface area contributed by atoms with Gasteiger partial charge in [-0.2, -0.15) is 5.26 Å². The van der Waals surface area contributed by atoms with Crippen molar-refractivity contribution in [2.24, 2.45) is 10.7 Å². The number of amidine groups is 2. The maximum atomic E-state index is 9.39. The Balaban J connectivity index is 1.82. The molecule has 3 rings (SSSR count). The standard InChI is InChI=1S/C27H30N6O/c1-4-21-15-20(9-11-25(21)34-3)18-32-26(29)24-16-19(17-28)8-10-23(24)27(30)33(2)14-12-22-7-5-6-13-31-22/h5-11,13,15-16,30H,4,12,14,18H2,1-3H3,(H2,29,32). The number of nitrogens with zero attached hydrogens (tertiary/aromatic N) is 4. The van der Waals surface area contributed by atoms with Gasteiger partial charge in [0, 0.05) is 43.0 Å². The first kappa shape index (κ1) is 24.5. The Morgan fingerprint density at radius 2 is 2.00 bits per heavy atom. The SMILES string of the molecule is CCc1cc(CN=C(N)c2cc(C#N)ccc2C(=N)N(C)CCc2ccccn2)ccc1OC. The number of nitrogens with two attached hydrogens (primary N) is 1. The number of methoxy groups -OCH3 is 1. The monoisotopic (exact) mass is 454 g/mol. The molecule has 0 amide bonds. The van der Waals surface area contributed by atoms with Gasteiger partial charge in [-0.15, -0.1) is 0 Å². The summed E-state index contributed by atoms with van der Waals surface area (Å²) in [5.41, 5.74) is 11.2. The van der Waals surface area contributed by atoms with Crippen LogP contribution < -0.4 is 10.5 Å². The lowest BCUT2D eigenvalue weighted by molar-refractivity contribution is 0.410. The van der Waals surface area contributed by atoms with Crippen molar-refractivity contribution in [3.8, 4) is 11.8 Å². The lowest BCUT2D eigenvalue weighted by Gasteiger charge is -2.22. The van der Waals surface area contributed by atoms with Crippen molar-refractivity contribution < 1.29 is 4.74 Å². The molecular formula is C27H30N6O. The molecule has 7 nitrogen and oxygen atoms in total. The molecule has 3 N–H and O–H groups in total. The fourth-order valence-corrected chi connectivity index (χ4v) is 3.65. The highest BCUT2D eigenvalue weighted by atomic mass is 16.5. The summed E-state index contributed by atoms with van der Waals surface area (Å²) in [4.78, 5) is 10.8. The Morgan fingerprint density at radius 1 is 1.18 bits per heavy atom. The van der Waals surface area contributed by atoms with Crippen molar-refractivity contribution in [1.82, 2.24) is 9.88 Å². The number of aryl methyl sites for hydroxylation is 1. The van der Waals surface area contributed by atoms with E-state index >= 15 is 0 Å². The van der Waals surface area contributed by atoms with Crippen molar-refractivity contribution in [1.29, 1.82) is 10.7 Å². The molecular weight excluding hydrogens is 424 g/mol. The van der Waals surface area contributed by atoms with Gasteiger partial charge in [-0.25, -0.2) is 0 Å². The molecule has 0 aliphatic carbocycles. The first-order chi connectivity index (χ1) is 16.5. The molecule has 174 valence electrons. The Kier molecular flexibility index (Phi) is 8.36. The van der Waals surface area contributed by atoms with Gasteiger partial charge in [-0.1, -0.05) is 25.1 Å². The van der Waals surface area contributed by atoms with E-state index < -0.39 is 0 Å². The lowest BCUT2D eigenvalue weighted by atomic mass is 10.0. The predicted octanol–water partition coefficient (Wildman–Crippen LogP) is 3.93. The van der Waals surface area contributed by atoms with Crippen LogP contribution >= 0.6 is 0 Å². The van der Waals surface area contributed by atoms with Crippen LogP contribution in [0.5, 0.6) is 5.75 Å². The van der Waals surface area contributed by atoms with Gasteiger partial charge in [0.25, 0.3) is 0 Å². The van der Waals surface area contributed by atoms with E-state index in [4.69, 9.17) is 15.9 Å². The van der Waals surface area contributed by atoms with Crippen molar-refractivity contribution in [2.75, 3.05) is 20.7 Å². The number of hydrogen-bond donors (Lipinski definition) is 2. The zero-order valence-electron chi connectivity index (χ0n) is 19.9. The molecule has 1 aromatic heterocycles. The van der Waals surface area contributed by atoms with Crippen LogP contribution in [0.2, 0.25) is 0 Å². The molecule has 0 atom stereocenters. The minimum Gasteiger partial charge on any atom is -0.496 e. The van der Waals surface area contributed by atoms with Gasteiger partial charge in [0.05, 0.1) is 25.3 Å². The molecule has 0 unspecified atom stereocenters. The molecule has 34 heavy (non-hydrogen) atoms. The summed E-state index contributed by atoms with van der Waals surface area (Å²) < 4.78 is 5.40. The quantitative estimate of drug-likeness (QED) is 0.376. The van der Waals surface area contributed by atoms with Crippen LogP contribution in [0.25, 0.3) is 0 Å². The van der Waals surface area contributed by atoms with Gasteiger partial charge in [0.2, 0.25) is 0 Å². The summed E-state index contributed by atoms with van der Waals surface area (Å²) in [6.07, 6.45) is 3.33. The number of likely N-dealkylation sites (N-methyl/N-ethyl adjacent to an activating group) is 1. The topological polar surface area (TPSA) is 111 Å². The molecule has 0 radical (unpaired) electrons. The van der Waals surface area contributed by atoms with Crippen LogP contribution in [0.4, 0.5) is 0 Å². The van der Waals surface area contributed by atoms with E-state index in [-0.39, 0.29) is 0 Å². The number of nitriles is 1. The van der Waals surface area contributed by atoms with Crippen molar-refractivity contribution in [3.05, 3.63) is 94.3 Å². The number of benzene rings is 2. The third-order valence-electron chi connectivity index (χ3n) is 5.65. The van der Waals surface area contributed by atoms with Crippen LogP contribution in [0, 0.1) is 16.7 Å². The average Bonchev–Trinajstić information content (AvgIpc) is 2.89. The predicted molar refractivity (Wildman–Crippen MR) is 135 cm³/mol. The highest BCUT2D eigenvalue weighted by molar-refractivity contribution is 6.09. The number of aliphatic imine (C=N–C) groups is 1. The summed E-state index contributed by atoms with van der Waals surface area (Å²) >= 11 is 0. The number of ether oxygens (including phenoxy) is 1. The summed E-state index contributed by atoms with van der Waals surface area (Å²) in [7, 11) is 3.53. The van der Waals surface area contributed by atoms with E-state index in [1.165, 1.54) is 0 Å². The maximum Gasteiger partial charge on any atom is 0.128 e. The molecule has 7 heteroatoms. The van der Waals surface area contributed by atoms with Gasteiger partial charge in [0.15, 0.2) is 0 Å². The second kappa shape index (κ2) is 11.6. The molecule has 3 aromatic rings. The van der Waals surface area contributed by atoms with E-state index in [0.717, 1.165) is 29.0 Å². The molecule has 0 aliphatic rings. The largest absolute Gasteiger partial charge is 0.496 e. The molecule has 0 saturated heterocycles. The van der Waals surface area contributed by atoms with Crippen LogP contribution in [-0.2, 0) is 19.4 Å². The number of rotatable bonds is 9. The van der Waals surface area contributed by atoms with Crippen molar-refractivity contribution in [2.45, 2.75) is 26.3 Å². The van der Waals surface area contributed by atoms with Crippen LogP contribution in [-0.4, -0.2) is 42.3 Å². The van der Waals surface area contributed by atoms with Crippen LogP contribution in [0.1, 0.15) is 40.4 Å². The summed E-state index contributed by atoms with van der Waals surface area (Å²) in [6.45, 7) is 3.09. The minimum atomic E-state index is 0.295. The Bertz CT molecular complexity index is 1210. The normalized spacial score (nSPS) is 11.1. The third-order valence-corrected chi connectivity index (χ3v) is 5.65. The first-order valence-corrected chi connectivity index (χ1v) is 11.2. The van der Waals surface area contributed by atoms with Gasteiger partial charge in [-0.3, -0.25) is 15.4 Å². The molecule has 0 saturated carbocycles. The van der Waals surface area contributed by atoms with Crippen molar-refractivity contribution >= 4 is 11.7 Å². The van der Waals surface area contributed by atoms with E-state index in [0.29, 0.717) is 47.9 Å². The number of aromatic nitrogens is 1. The van der Waals surface area contributed by atoms with Gasteiger partial charge >= 0.3 is 0 Å². The van der Waals surface area contributed by atoms with Crippen LogP contribution in [0.15, 0.2) is 65.8 Å². The minimum absolute atomic E-state index is 0.295. The Labute approximate surface area is 201 Å². The highest BCUT2D eigenvalue weighted by Crippen LogP contribution is 2.21. The fraction of sp³-hybridized carbons (Fsp3) is 0.259. The maximum absolute atomic E-state index is 9.39. The second-order valence-electron chi connectivity index (χ2n) is 7.91. The van der Waals surface area contributed by atoms with Gasteiger partial charge in [0.1, 0.15) is 17.4 Å². The number of nitrogens with one attached hydrogen (secondary N) is 1. The molecule has 0 aliphatic heterocycles. The van der Waals surface area contributed by atoms with E-state index in [9.17, 15) is 5.26 Å². The van der Waals surface area contributed by atoms with Crippen LogP contribution in [0.3, 0.4) is 0 Å². The van der Waals surface area contributed by atoms with E-state index in [1.54, 1.807) is 31.5 Å². The van der Waals surface area contributed by atoms with Crippen molar-refractivity contribution in [3.63, 3.8) is 0 Å². The second-order valence-corrected chi connectivity index (χ2v) is 7.91. The first-order valence-electron chi connectivity index (χ1n) is 11.2. The Morgan fingerprint density at radius 3 is 2.68 bits per heavy atom. The van der Waals surface area contributed by atoms with E-state index in [1.807, 2.05) is 42.3 Å². The highest BCUT2D eigenvalue weighted by Gasteiger charge is 2.16. The Hall–Kier alpha value is -4.18. The smallest absolute Gasteiger partial charge is 0.128 e. The van der Waals surface area contributed by atoms with Gasteiger partial charge < -0.3 is 15.4 Å². The summed E-state index contributed by atoms with van der Waals surface area (Å²) in [5.74, 6) is 1.46. The zero-order valence-corrected chi connectivity index (χ0v) is 19.9. The number of pyridine rings is 1. The molecule has 2 aromatic carbocycles. The molecule has 0 spiro atoms. The van der Waals surface area contributed by atoms with Gasteiger partial charge in [-0.05, 0) is 53.9 Å². The van der Waals surface area contributed by atoms with E-state index in [2.05, 4.69) is 29.0 Å². The number of hydrogen-bond acceptors (Lipinski definition) is 5. The zero-order chi connectivity index (χ0) is 24.5. The molecule has 0 fully saturated rings. The summed E-state index contributed by atoms with van der Waals surface area (Å²) in [5, 5.41) is 18.1. The third kappa shape index (κ3) is 5.99. The molecule has 0 bridgehead atoms. The molecule has 1 heterocycles. The fourth-order valence-electron chi connectivity index (χ4n) is 3.65. The average molecular weight is 455 g/mol. The lowest BCUT2D eigenvalue weighted by Crippen LogP contribution is -2.31.